The molecule has 0 bridgehead atoms. The lowest BCUT2D eigenvalue weighted by atomic mass is 10.1. The molecule has 0 radical (unpaired) electrons. The van der Waals surface area contributed by atoms with Gasteiger partial charge >= 0.3 is 0 Å². The molecule has 6 nitrogen and oxygen atoms in total. The van der Waals surface area contributed by atoms with Crippen LogP contribution in [0.5, 0.6) is 5.75 Å². The van der Waals surface area contributed by atoms with E-state index in [-0.39, 0.29) is 28.2 Å². The van der Waals surface area contributed by atoms with Crippen LogP contribution in [0.3, 0.4) is 0 Å². The van der Waals surface area contributed by atoms with Crippen LogP contribution in [0.1, 0.15) is 25.8 Å². The third kappa shape index (κ3) is 5.03. The van der Waals surface area contributed by atoms with E-state index in [1.165, 1.54) is 22.5 Å². The fourth-order valence-corrected chi connectivity index (χ4v) is 4.97. The molecule has 0 saturated heterocycles. The number of carbonyl (C=O) groups is 1. The highest BCUT2D eigenvalue weighted by Crippen LogP contribution is 2.34. The Morgan fingerprint density at radius 3 is 2.72 bits per heavy atom. The lowest BCUT2D eigenvalue weighted by Gasteiger charge is -2.20. The van der Waals surface area contributed by atoms with Crippen LogP contribution in [-0.2, 0) is 21.2 Å². The summed E-state index contributed by atoms with van der Waals surface area (Å²) >= 11 is 6.23. The summed E-state index contributed by atoms with van der Waals surface area (Å²) in [5.74, 6) is 0.529. The molecule has 1 aliphatic heterocycles. The highest BCUT2D eigenvalue weighted by atomic mass is 35.5. The van der Waals surface area contributed by atoms with E-state index in [1.807, 2.05) is 18.2 Å². The van der Waals surface area contributed by atoms with Crippen molar-refractivity contribution in [1.29, 1.82) is 0 Å². The van der Waals surface area contributed by atoms with Crippen molar-refractivity contribution in [2.75, 3.05) is 24.0 Å². The van der Waals surface area contributed by atoms with E-state index in [0.717, 1.165) is 12.0 Å². The predicted molar refractivity (Wildman–Crippen MR) is 114 cm³/mol. The van der Waals surface area contributed by atoms with Gasteiger partial charge in [-0.25, -0.2) is 8.42 Å². The number of sulfonamides is 1. The van der Waals surface area contributed by atoms with Gasteiger partial charge in [-0.1, -0.05) is 43.6 Å². The smallest absolute Gasteiger partial charge is 0.264 e. The number of nitrogens with one attached hydrogen (secondary N) is 1. The number of benzene rings is 2. The van der Waals surface area contributed by atoms with E-state index < -0.39 is 10.0 Å². The second-order valence-corrected chi connectivity index (χ2v) is 9.64. The minimum Gasteiger partial charge on any atom is -0.482 e. The number of ether oxygens (including phenoxy) is 1. The summed E-state index contributed by atoms with van der Waals surface area (Å²) in [4.78, 5) is 11.9. The van der Waals surface area contributed by atoms with Crippen LogP contribution < -0.4 is 14.4 Å². The number of carbonyl (C=O) groups excluding carboxylic acids is 1. The topological polar surface area (TPSA) is 75.7 Å². The Labute approximate surface area is 176 Å². The average Bonchev–Trinajstić information content (AvgIpc) is 3.11. The number of amides is 1. The molecule has 3 rings (SSSR count). The van der Waals surface area contributed by atoms with Crippen LogP contribution in [-0.4, -0.2) is 34.0 Å². The van der Waals surface area contributed by atoms with Gasteiger partial charge in [0.2, 0.25) is 0 Å². The van der Waals surface area contributed by atoms with Gasteiger partial charge in [-0.05, 0) is 48.6 Å². The molecular formula is C21H25ClN2O4S. The number of hydrogen-bond acceptors (Lipinski definition) is 4. The van der Waals surface area contributed by atoms with Gasteiger partial charge in [0.1, 0.15) is 5.75 Å². The molecule has 0 aromatic heterocycles. The van der Waals surface area contributed by atoms with Crippen LogP contribution in [0.2, 0.25) is 5.02 Å². The summed E-state index contributed by atoms with van der Waals surface area (Å²) < 4.78 is 33.0. The summed E-state index contributed by atoms with van der Waals surface area (Å²) in [7, 11) is -3.73. The van der Waals surface area contributed by atoms with Crippen molar-refractivity contribution in [3.05, 3.63) is 53.1 Å². The number of nitrogens with zero attached hydrogens (tertiary/aromatic N) is 1. The zero-order valence-corrected chi connectivity index (χ0v) is 18.1. The second kappa shape index (κ2) is 9.05. The highest BCUT2D eigenvalue weighted by Gasteiger charge is 2.31. The van der Waals surface area contributed by atoms with Gasteiger partial charge in [-0.3, -0.25) is 9.10 Å². The first-order valence-corrected chi connectivity index (χ1v) is 11.4. The van der Waals surface area contributed by atoms with E-state index in [4.69, 9.17) is 16.3 Å². The number of hydrogen-bond donors (Lipinski definition) is 1. The average molecular weight is 437 g/mol. The monoisotopic (exact) mass is 436 g/mol. The first-order chi connectivity index (χ1) is 13.8. The Morgan fingerprint density at radius 1 is 1.24 bits per heavy atom. The summed E-state index contributed by atoms with van der Waals surface area (Å²) in [6.45, 7) is 4.97. The molecule has 0 saturated carbocycles. The van der Waals surface area contributed by atoms with E-state index in [1.54, 1.807) is 6.07 Å². The molecule has 0 aliphatic carbocycles. The quantitative estimate of drug-likeness (QED) is 0.685. The Kier molecular flexibility index (Phi) is 6.70. The van der Waals surface area contributed by atoms with Crippen molar-refractivity contribution in [2.24, 2.45) is 5.92 Å². The molecule has 0 fully saturated rings. The van der Waals surface area contributed by atoms with Crippen LogP contribution in [0, 0.1) is 5.92 Å². The van der Waals surface area contributed by atoms with Crippen molar-refractivity contribution in [3.63, 3.8) is 0 Å². The van der Waals surface area contributed by atoms with Crippen LogP contribution >= 0.6 is 11.6 Å². The maximum absolute atomic E-state index is 13.1. The van der Waals surface area contributed by atoms with Crippen molar-refractivity contribution in [2.45, 2.75) is 31.6 Å². The lowest BCUT2D eigenvalue weighted by Crippen LogP contribution is -2.30. The molecule has 8 heteroatoms. The molecular weight excluding hydrogens is 412 g/mol. The third-order valence-electron chi connectivity index (χ3n) is 4.74. The van der Waals surface area contributed by atoms with Gasteiger partial charge in [0, 0.05) is 13.1 Å². The maximum Gasteiger partial charge on any atom is 0.264 e. The molecule has 156 valence electrons. The Bertz CT molecular complexity index is 992. The van der Waals surface area contributed by atoms with E-state index in [9.17, 15) is 13.2 Å². The first kappa shape index (κ1) is 21.5. The lowest BCUT2D eigenvalue weighted by molar-refractivity contribution is -0.123. The van der Waals surface area contributed by atoms with Gasteiger partial charge < -0.3 is 10.1 Å². The minimum atomic E-state index is -3.73. The molecule has 0 unspecified atom stereocenters. The van der Waals surface area contributed by atoms with Gasteiger partial charge in [0.25, 0.3) is 15.9 Å². The fraction of sp³-hybridized carbons (Fsp3) is 0.381. The Morgan fingerprint density at radius 2 is 2.00 bits per heavy atom. The van der Waals surface area contributed by atoms with E-state index in [0.29, 0.717) is 31.1 Å². The number of halogens is 1. The zero-order chi connectivity index (χ0) is 21.0. The molecule has 2 aromatic rings. The van der Waals surface area contributed by atoms with Crippen LogP contribution in [0.25, 0.3) is 0 Å². The predicted octanol–water partition coefficient (Wildman–Crippen LogP) is 3.63. The maximum atomic E-state index is 13.1. The largest absolute Gasteiger partial charge is 0.482 e. The summed E-state index contributed by atoms with van der Waals surface area (Å²) in [6, 6.07) is 11.8. The van der Waals surface area contributed by atoms with Gasteiger partial charge in [-0.2, -0.15) is 0 Å². The molecule has 1 aliphatic rings. The molecule has 1 heterocycles. The zero-order valence-electron chi connectivity index (χ0n) is 16.5. The summed E-state index contributed by atoms with van der Waals surface area (Å²) in [5.41, 5.74) is 1.70. The minimum absolute atomic E-state index is 0.0907. The highest BCUT2D eigenvalue weighted by molar-refractivity contribution is 7.92. The molecule has 0 atom stereocenters. The molecule has 1 N–H and O–H groups in total. The van der Waals surface area contributed by atoms with Gasteiger partial charge in [0.05, 0.1) is 15.6 Å². The van der Waals surface area contributed by atoms with Crippen LogP contribution in [0.15, 0.2) is 47.4 Å². The van der Waals surface area contributed by atoms with Gasteiger partial charge in [-0.15, -0.1) is 0 Å². The molecule has 2 aromatic carbocycles. The number of para-hydroxylation sites is 1. The van der Waals surface area contributed by atoms with Crippen molar-refractivity contribution >= 4 is 33.2 Å². The molecule has 0 spiro atoms. The first-order valence-electron chi connectivity index (χ1n) is 9.58. The Balaban J connectivity index is 1.67. The summed E-state index contributed by atoms with van der Waals surface area (Å²) in [5, 5.41) is 2.92. The summed E-state index contributed by atoms with van der Waals surface area (Å²) in [6.07, 6.45) is 1.56. The van der Waals surface area contributed by atoms with Crippen molar-refractivity contribution in [1.82, 2.24) is 5.32 Å². The van der Waals surface area contributed by atoms with E-state index >= 15 is 0 Å². The normalized spacial score (nSPS) is 13.4. The fourth-order valence-electron chi connectivity index (χ4n) is 3.14. The van der Waals surface area contributed by atoms with Crippen molar-refractivity contribution in [3.8, 4) is 5.75 Å². The Hall–Kier alpha value is -2.25. The van der Waals surface area contributed by atoms with Gasteiger partial charge in [0.15, 0.2) is 6.61 Å². The number of rotatable bonds is 8. The molecule has 29 heavy (non-hydrogen) atoms. The SMILES string of the molecule is CC(C)CCNC(=O)COc1ccc(S(=O)(=O)N2CCc3ccccc32)cc1Cl. The second-order valence-electron chi connectivity index (χ2n) is 7.37. The third-order valence-corrected chi connectivity index (χ3v) is 6.84. The molecule has 1 amide bonds. The number of fused-ring (bicyclic) bond motifs is 1. The van der Waals surface area contributed by atoms with Crippen LogP contribution in [0.4, 0.5) is 5.69 Å². The van der Waals surface area contributed by atoms with Crippen molar-refractivity contribution < 1.29 is 17.9 Å². The number of anilines is 1. The van der Waals surface area contributed by atoms with E-state index in [2.05, 4.69) is 19.2 Å². The standard InChI is InChI=1S/C21H25ClN2O4S/c1-15(2)9-11-23-21(25)14-28-20-8-7-17(13-18(20)22)29(26,27)24-12-10-16-5-3-4-6-19(16)24/h3-8,13,15H,9-12,14H2,1-2H3,(H,23,25).